The van der Waals surface area contributed by atoms with Crippen molar-refractivity contribution in [1.29, 1.82) is 0 Å². The topological polar surface area (TPSA) is 23.0 Å². The van der Waals surface area contributed by atoms with Crippen molar-refractivity contribution in [2.45, 2.75) is 0 Å². The summed E-state index contributed by atoms with van der Waals surface area (Å²) in [6.07, 6.45) is 0. The number of hydrogen-bond donors (Lipinski definition) is 0. The minimum atomic E-state index is 0.904. The molecule has 0 aliphatic rings. The van der Waals surface area contributed by atoms with Crippen molar-refractivity contribution in [2.24, 2.45) is 0 Å². The third-order valence-corrected chi connectivity index (χ3v) is 11.7. The van der Waals surface area contributed by atoms with E-state index in [9.17, 15) is 0 Å². The second-order valence-electron chi connectivity index (χ2n) is 14.9. The van der Waals surface area contributed by atoms with Crippen LogP contribution < -0.4 is 0 Å². The van der Waals surface area contributed by atoms with Crippen LogP contribution in [0.25, 0.3) is 110 Å². The molecule has 0 amide bonds. The minimum Gasteiger partial charge on any atom is -0.455 e. The van der Waals surface area contributed by atoms with E-state index in [1.54, 1.807) is 0 Å². The first-order chi connectivity index (χ1) is 28.3. The van der Waals surface area contributed by atoms with E-state index >= 15 is 0 Å². The van der Waals surface area contributed by atoms with Gasteiger partial charge in [0, 0.05) is 49.1 Å². The first kappa shape index (κ1) is 31.7. The van der Waals surface area contributed by atoms with E-state index in [0.29, 0.717) is 0 Å². The Morgan fingerprint density at radius 1 is 0.298 bits per heavy atom. The number of hydrogen-bond acceptors (Lipinski definition) is 1. The number of fused-ring (bicyclic) bond motifs is 9. The molecule has 3 heterocycles. The highest BCUT2D eigenvalue weighted by Crippen LogP contribution is 2.42. The largest absolute Gasteiger partial charge is 0.455 e. The van der Waals surface area contributed by atoms with Gasteiger partial charge in [-0.05, 0) is 82.9 Å². The van der Waals surface area contributed by atoms with Crippen LogP contribution in [-0.4, -0.2) is 9.13 Å². The Kier molecular flexibility index (Phi) is 6.93. The molecular weight excluding hydrogens is 693 g/mol. The van der Waals surface area contributed by atoms with E-state index < -0.39 is 0 Å². The molecule has 0 aliphatic heterocycles. The Labute approximate surface area is 328 Å². The van der Waals surface area contributed by atoms with Gasteiger partial charge in [0.05, 0.1) is 27.8 Å². The predicted molar refractivity (Wildman–Crippen MR) is 239 cm³/mol. The maximum Gasteiger partial charge on any atom is 0.143 e. The minimum absolute atomic E-state index is 0.904. The summed E-state index contributed by atoms with van der Waals surface area (Å²) < 4.78 is 11.4. The van der Waals surface area contributed by atoms with Crippen molar-refractivity contribution in [3.05, 3.63) is 206 Å². The van der Waals surface area contributed by atoms with Crippen molar-refractivity contribution in [1.82, 2.24) is 9.13 Å². The molecule has 0 saturated carbocycles. The molecule has 3 nitrogen and oxygen atoms in total. The maximum absolute atomic E-state index is 6.55. The van der Waals surface area contributed by atoms with Crippen LogP contribution in [-0.2, 0) is 0 Å². The highest BCUT2D eigenvalue weighted by molar-refractivity contribution is 6.14. The van der Waals surface area contributed by atoms with Crippen molar-refractivity contribution in [3.63, 3.8) is 0 Å². The Morgan fingerprint density at radius 2 is 0.825 bits per heavy atom. The average Bonchev–Trinajstić information content (AvgIpc) is 3.94. The molecule has 0 fully saturated rings. The van der Waals surface area contributed by atoms with Gasteiger partial charge in [0.15, 0.2) is 0 Å². The van der Waals surface area contributed by atoms with Gasteiger partial charge in [-0.1, -0.05) is 146 Å². The second kappa shape index (κ2) is 12.5. The standard InChI is InChI=1S/C54H34N2O/c1-2-14-35(15-3-1)36-16-12-17-39(32-36)55-48-24-8-5-19-41(48)46-33-37(28-30-51(46)55)38-29-31-52-47(34-38)42-20-6-10-26-50(42)56(52)49-25-9-4-18-40(49)44-22-13-23-45-43-21-7-11-27-53(43)57-54(44)45/h1-34H. The lowest BCUT2D eigenvalue weighted by molar-refractivity contribution is 0.670. The average molecular weight is 727 g/mol. The third kappa shape index (κ3) is 4.86. The van der Waals surface area contributed by atoms with Gasteiger partial charge >= 0.3 is 0 Å². The van der Waals surface area contributed by atoms with E-state index in [1.165, 1.54) is 65.9 Å². The molecule has 0 unspecified atom stereocenters. The Bertz CT molecular complexity index is 3530. The number of para-hydroxylation sites is 5. The lowest BCUT2D eigenvalue weighted by atomic mass is 10.00. The van der Waals surface area contributed by atoms with E-state index in [0.717, 1.165) is 44.4 Å². The summed E-state index contributed by atoms with van der Waals surface area (Å²) in [6, 6.07) is 74.4. The van der Waals surface area contributed by atoms with Gasteiger partial charge in [-0.3, -0.25) is 0 Å². The zero-order valence-electron chi connectivity index (χ0n) is 30.9. The highest BCUT2D eigenvalue weighted by atomic mass is 16.3. The molecule has 3 heteroatoms. The van der Waals surface area contributed by atoms with Gasteiger partial charge in [0.25, 0.3) is 0 Å². The van der Waals surface area contributed by atoms with Gasteiger partial charge in [0.1, 0.15) is 11.2 Å². The molecular formula is C54H34N2O. The molecule has 12 rings (SSSR count). The van der Waals surface area contributed by atoms with E-state index in [2.05, 4.69) is 209 Å². The summed E-state index contributed by atoms with van der Waals surface area (Å²) in [6.45, 7) is 0. The fourth-order valence-electron chi connectivity index (χ4n) is 9.15. The monoisotopic (exact) mass is 726 g/mol. The van der Waals surface area contributed by atoms with Crippen LogP contribution >= 0.6 is 0 Å². The molecule has 57 heavy (non-hydrogen) atoms. The summed E-state index contributed by atoms with van der Waals surface area (Å²) in [7, 11) is 0. The number of aromatic nitrogens is 2. The highest BCUT2D eigenvalue weighted by Gasteiger charge is 2.20. The Morgan fingerprint density at radius 3 is 1.60 bits per heavy atom. The molecule has 0 atom stereocenters. The zero-order chi connectivity index (χ0) is 37.5. The summed E-state index contributed by atoms with van der Waals surface area (Å²) >= 11 is 0. The quantitative estimate of drug-likeness (QED) is 0.173. The van der Waals surface area contributed by atoms with Crippen LogP contribution in [0.5, 0.6) is 0 Å². The molecule has 266 valence electrons. The van der Waals surface area contributed by atoms with Crippen LogP contribution in [0, 0.1) is 0 Å². The number of furan rings is 1. The van der Waals surface area contributed by atoms with Crippen molar-refractivity contribution < 1.29 is 4.42 Å². The van der Waals surface area contributed by atoms with Crippen molar-refractivity contribution in [3.8, 4) is 44.8 Å². The molecule has 0 spiro atoms. The molecule has 0 N–H and O–H groups in total. The summed E-state index contributed by atoms with van der Waals surface area (Å²) in [5.74, 6) is 0. The fourth-order valence-corrected chi connectivity index (χ4v) is 9.15. The lowest BCUT2D eigenvalue weighted by Gasteiger charge is -2.14. The molecule has 12 aromatic rings. The number of benzene rings is 9. The zero-order valence-corrected chi connectivity index (χ0v) is 30.9. The van der Waals surface area contributed by atoms with Gasteiger partial charge in [-0.15, -0.1) is 0 Å². The van der Waals surface area contributed by atoms with Gasteiger partial charge in [-0.2, -0.15) is 0 Å². The first-order valence-electron chi connectivity index (χ1n) is 19.5. The van der Waals surface area contributed by atoms with E-state index in [4.69, 9.17) is 4.42 Å². The first-order valence-corrected chi connectivity index (χ1v) is 19.5. The van der Waals surface area contributed by atoms with Crippen molar-refractivity contribution in [2.75, 3.05) is 0 Å². The van der Waals surface area contributed by atoms with Crippen LogP contribution in [0.3, 0.4) is 0 Å². The fraction of sp³-hybridized carbons (Fsp3) is 0. The Balaban J connectivity index is 1.02. The maximum atomic E-state index is 6.55. The Hall–Kier alpha value is -7.62. The van der Waals surface area contributed by atoms with Gasteiger partial charge in [0.2, 0.25) is 0 Å². The second-order valence-corrected chi connectivity index (χ2v) is 14.9. The van der Waals surface area contributed by atoms with E-state index in [1.807, 2.05) is 6.07 Å². The van der Waals surface area contributed by atoms with Crippen LogP contribution in [0.15, 0.2) is 211 Å². The molecule has 9 aromatic carbocycles. The van der Waals surface area contributed by atoms with E-state index in [-0.39, 0.29) is 0 Å². The molecule has 0 bridgehead atoms. The summed E-state index contributed by atoms with van der Waals surface area (Å²) in [5.41, 5.74) is 15.8. The SMILES string of the molecule is c1ccc(-c2cccc(-n3c4ccccc4c4cc(-c5ccc6c(c5)c5ccccc5n6-c5ccccc5-c5cccc6c5oc5ccccc56)ccc43)c2)cc1. The van der Waals surface area contributed by atoms with Gasteiger partial charge < -0.3 is 13.6 Å². The third-order valence-electron chi connectivity index (χ3n) is 11.7. The molecule has 0 saturated heterocycles. The summed E-state index contributed by atoms with van der Waals surface area (Å²) in [4.78, 5) is 0. The van der Waals surface area contributed by atoms with Crippen molar-refractivity contribution >= 4 is 65.6 Å². The smallest absolute Gasteiger partial charge is 0.143 e. The lowest BCUT2D eigenvalue weighted by Crippen LogP contribution is -1.97. The summed E-state index contributed by atoms with van der Waals surface area (Å²) in [5, 5.41) is 7.20. The molecule has 0 aliphatic carbocycles. The molecule has 0 radical (unpaired) electrons. The van der Waals surface area contributed by atoms with Crippen LogP contribution in [0.1, 0.15) is 0 Å². The predicted octanol–water partition coefficient (Wildman–Crippen LogP) is 14.8. The van der Waals surface area contributed by atoms with Crippen LogP contribution in [0.2, 0.25) is 0 Å². The number of nitrogens with zero attached hydrogens (tertiary/aromatic N) is 2. The normalized spacial score (nSPS) is 11.9. The van der Waals surface area contributed by atoms with Crippen LogP contribution in [0.4, 0.5) is 0 Å². The van der Waals surface area contributed by atoms with Gasteiger partial charge in [-0.25, -0.2) is 0 Å². The molecule has 3 aromatic heterocycles. The number of rotatable bonds is 5.